The zero-order valence-corrected chi connectivity index (χ0v) is 12.3. The summed E-state index contributed by atoms with van der Waals surface area (Å²) in [5.41, 5.74) is -2.55. The van der Waals surface area contributed by atoms with E-state index < -0.39 is 52.9 Å². The number of nitrogens with one attached hydrogen (secondary N) is 2. The van der Waals surface area contributed by atoms with Crippen LogP contribution in [-0.4, -0.2) is 28.4 Å². The van der Waals surface area contributed by atoms with Gasteiger partial charge in [-0.2, -0.15) is 13.2 Å². The number of rotatable bonds is 2. The lowest BCUT2D eigenvalue weighted by Gasteiger charge is -2.25. The van der Waals surface area contributed by atoms with Gasteiger partial charge in [-0.25, -0.2) is 0 Å². The molecule has 0 radical (unpaired) electrons. The summed E-state index contributed by atoms with van der Waals surface area (Å²) in [4.78, 5) is 35.6. The van der Waals surface area contributed by atoms with E-state index in [2.05, 4.69) is 10.6 Å². The second-order valence-corrected chi connectivity index (χ2v) is 6.11. The van der Waals surface area contributed by atoms with Gasteiger partial charge in [0.25, 0.3) is 0 Å². The van der Waals surface area contributed by atoms with Crippen LogP contribution in [0.2, 0.25) is 0 Å². The average Bonchev–Trinajstić information content (AvgIpc) is 2.96. The number of benzene rings is 1. The molecule has 2 aliphatic heterocycles. The second-order valence-electron chi connectivity index (χ2n) is 6.11. The van der Waals surface area contributed by atoms with Gasteiger partial charge in [0.1, 0.15) is 5.54 Å². The maximum atomic E-state index is 12.9. The van der Waals surface area contributed by atoms with Gasteiger partial charge in [0.05, 0.1) is 17.4 Å². The van der Waals surface area contributed by atoms with Crippen LogP contribution < -0.4 is 10.6 Å². The first kappa shape index (κ1) is 16.4. The van der Waals surface area contributed by atoms with Gasteiger partial charge in [0.2, 0.25) is 11.8 Å². The third-order valence-electron chi connectivity index (χ3n) is 4.64. The van der Waals surface area contributed by atoms with Crippen LogP contribution in [0.15, 0.2) is 24.3 Å². The Bertz CT molecular complexity index is 748. The molecule has 0 saturated carbocycles. The van der Waals surface area contributed by atoms with Gasteiger partial charge >= 0.3 is 12.1 Å². The van der Waals surface area contributed by atoms with Crippen LogP contribution in [0.4, 0.5) is 13.2 Å². The zero-order chi connectivity index (χ0) is 17.9. The minimum Gasteiger partial charge on any atom is -0.480 e. The number of amides is 2. The summed E-state index contributed by atoms with van der Waals surface area (Å²) in [6.45, 7) is 1.25. The molecule has 9 heteroatoms. The van der Waals surface area contributed by atoms with Crippen molar-refractivity contribution in [1.82, 2.24) is 10.6 Å². The highest BCUT2D eigenvalue weighted by atomic mass is 19.4. The molecule has 24 heavy (non-hydrogen) atoms. The summed E-state index contributed by atoms with van der Waals surface area (Å²) >= 11 is 0. The minimum atomic E-state index is -4.57. The Morgan fingerprint density at radius 3 is 2.50 bits per heavy atom. The quantitative estimate of drug-likeness (QED) is 0.699. The molecule has 1 aromatic carbocycles. The maximum absolute atomic E-state index is 12.9. The Balaban J connectivity index is 2.08. The topological polar surface area (TPSA) is 95.5 Å². The predicted octanol–water partition coefficient (Wildman–Crippen LogP) is 1.08. The van der Waals surface area contributed by atoms with E-state index in [0.29, 0.717) is 0 Å². The molecule has 3 rings (SSSR count). The molecule has 2 fully saturated rings. The molecule has 128 valence electrons. The number of carboxylic acid groups (broad SMARTS) is 1. The van der Waals surface area contributed by atoms with E-state index in [1.165, 1.54) is 19.1 Å². The Labute approximate surface area is 134 Å². The van der Waals surface area contributed by atoms with Gasteiger partial charge in [-0.1, -0.05) is 12.1 Å². The first-order valence-electron chi connectivity index (χ1n) is 7.08. The van der Waals surface area contributed by atoms with Crippen molar-refractivity contribution in [2.45, 2.75) is 24.7 Å². The van der Waals surface area contributed by atoms with Gasteiger partial charge in [-0.05, 0) is 24.6 Å². The number of carboxylic acids is 1. The molecule has 4 atom stereocenters. The molecule has 2 heterocycles. The summed E-state index contributed by atoms with van der Waals surface area (Å²) in [6, 6.07) is 3.28. The lowest BCUT2D eigenvalue weighted by Crippen LogP contribution is -2.52. The smallest absolute Gasteiger partial charge is 0.416 e. The summed E-state index contributed by atoms with van der Waals surface area (Å²) in [7, 11) is 0. The fraction of sp³-hybridized carbons (Fsp3) is 0.400. The number of hydrogen-bond donors (Lipinski definition) is 3. The van der Waals surface area contributed by atoms with E-state index in [4.69, 9.17) is 0 Å². The molecule has 0 bridgehead atoms. The van der Waals surface area contributed by atoms with E-state index in [1.807, 2.05) is 0 Å². The maximum Gasteiger partial charge on any atom is 0.416 e. The Hall–Kier alpha value is -2.42. The highest BCUT2D eigenvalue weighted by Gasteiger charge is 2.64. The Morgan fingerprint density at radius 1 is 1.25 bits per heavy atom. The highest BCUT2D eigenvalue weighted by Crippen LogP contribution is 2.46. The van der Waals surface area contributed by atoms with Crippen molar-refractivity contribution < 1.29 is 32.7 Å². The van der Waals surface area contributed by atoms with Gasteiger partial charge in [-0.3, -0.25) is 25.0 Å². The van der Waals surface area contributed by atoms with Crippen LogP contribution >= 0.6 is 0 Å². The van der Waals surface area contributed by atoms with Crippen LogP contribution in [0, 0.1) is 11.8 Å². The van der Waals surface area contributed by atoms with Gasteiger partial charge in [0.15, 0.2) is 0 Å². The first-order chi connectivity index (χ1) is 11.1. The van der Waals surface area contributed by atoms with E-state index >= 15 is 0 Å². The summed E-state index contributed by atoms with van der Waals surface area (Å²) in [5, 5.41) is 14.2. The summed E-state index contributed by atoms with van der Waals surface area (Å²) < 4.78 is 38.7. The lowest BCUT2D eigenvalue weighted by molar-refractivity contribution is -0.148. The molecular weight excluding hydrogens is 329 g/mol. The number of imide groups is 1. The van der Waals surface area contributed by atoms with Crippen LogP contribution in [-0.2, 0) is 20.6 Å². The normalized spacial score (nSPS) is 32.6. The number of alkyl halides is 3. The average molecular weight is 342 g/mol. The van der Waals surface area contributed by atoms with Crippen molar-refractivity contribution in [2.75, 3.05) is 0 Å². The molecule has 0 spiro atoms. The van der Waals surface area contributed by atoms with Gasteiger partial charge in [0, 0.05) is 6.04 Å². The fourth-order valence-electron chi connectivity index (χ4n) is 3.46. The van der Waals surface area contributed by atoms with Crippen molar-refractivity contribution in [1.29, 1.82) is 0 Å². The van der Waals surface area contributed by atoms with Crippen molar-refractivity contribution in [2.24, 2.45) is 11.8 Å². The number of carbonyl (C=O) groups excluding carboxylic acids is 2. The van der Waals surface area contributed by atoms with E-state index in [0.717, 1.165) is 12.1 Å². The van der Waals surface area contributed by atoms with E-state index in [-0.39, 0.29) is 5.56 Å². The number of halogens is 3. The van der Waals surface area contributed by atoms with Crippen LogP contribution in [0.5, 0.6) is 0 Å². The standard InChI is InChI=1S/C15H13F3N2O4/c1-14(13(23)24)9-8(11(21)19-12(9)22)10(20-14)6-3-2-4-7(5-6)15(16,17)18/h2-5,8-10,20H,1H3,(H,23,24)(H,19,21,22). The first-order valence-corrected chi connectivity index (χ1v) is 7.08. The third-order valence-corrected chi connectivity index (χ3v) is 4.64. The molecule has 2 saturated heterocycles. The SMILES string of the molecule is CC1(C(=O)O)NC(c2cccc(C(F)(F)F)c2)C2C(=O)NC(=O)C21. The third kappa shape index (κ3) is 2.27. The van der Waals surface area contributed by atoms with E-state index in [1.54, 1.807) is 0 Å². The molecule has 2 aliphatic rings. The molecule has 4 unspecified atom stereocenters. The number of hydrogen-bond acceptors (Lipinski definition) is 4. The van der Waals surface area contributed by atoms with Gasteiger partial charge in [-0.15, -0.1) is 0 Å². The largest absolute Gasteiger partial charge is 0.480 e. The molecular formula is C15H13F3N2O4. The lowest BCUT2D eigenvalue weighted by atomic mass is 9.80. The van der Waals surface area contributed by atoms with Gasteiger partial charge < -0.3 is 5.11 Å². The van der Waals surface area contributed by atoms with Crippen LogP contribution in [0.25, 0.3) is 0 Å². The summed E-state index contributed by atoms with van der Waals surface area (Å²) in [6.07, 6.45) is -4.57. The molecule has 3 N–H and O–H groups in total. The molecule has 0 aliphatic carbocycles. The molecule has 2 amide bonds. The number of fused-ring (bicyclic) bond motifs is 1. The van der Waals surface area contributed by atoms with Crippen molar-refractivity contribution in [3.05, 3.63) is 35.4 Å². The predicted molar refractivity (Wildman–Crippen MR) is 73.5 cm³/mol. The monoisotopic (exact) mass is 342 g/mol. The number of carbonyl (C=O) groups is 3. The highest BCUT2D eigenvalue weighted by molar-refractivity contribution is 6.09. The van der Waals surface area contributed by atoms with E-state index in [9.17, 15) is 32.7 Å². The fourth-order valence-corrected chi connectivity index (χ4v) is 3.46. The molecule has 6 nitrogen and oxygen atoms in total. The second kappa shape index (κ2) is 5.04. The minimum absolute atomic E-state index is 0.106. The van der Waals surface area contributed by atoms with Crippen molar-refractivity contribution in [3.63, 3.8) is 0 Å². The van der Waals surface area contributed by atoms with Crippen molar-refractivity contribution in [3.8, 4) is 0 Å². The number of aliphatic carboxylic acids is 1. The Kier molecular flexibility index (Phi) is 3.45. The van der Waals surface area contributed by atoms with Crippen LogP contribution in [0.1, 0.15) is 24.1 Å². The molecule has 1 aromatic rings. The Morgan fingerprint density at radius 2 is 1.92 bits per heavy atom. The van der Waals surface area contributed by atoms with Crippen molar-refractivity contribution >= 4 is 17.8 Å². The van der Waals surface area contributed by atoms with Crippen LogP contribution in [0.3, 0.4) is 0 Å². The molecule has 0 aromatic heterocycles. The zero-order valence-electron chi connectivity index (χ0n) is 12.3. The summed E-state index contributed by atoms with van der Waals surface area (Å²) in [5.74, 6) is -5.05.